The molecule has 1 aliphatic heterocycles. The first-order valence-electron chi connectivity index (χ1n) is 9.22. The minimum atomic E-state index is -0.221. The van der Waals surface area contributed by atoms with Crippen molar-refractivity contribution in [3.63, 3.8) is 0 Å². The zero-order chi connectivity index (χ0) is 16.9. The second-order valence-electron chi connectivity index (χ2n) is 6.98. The number of imidazole rings is 1. The maximum absolute atomic E-state index is 9.48. The molecule has 3 rings (SSSR count). The molecule has 1 fully saturated rings. The van der Waals surface area contributed by atoms with Gasteiger partial charge in [0, 0.05) is 13.1 Å². The number of aliphatic hydroxyl groups is 1. The molecule has 1 saturated heterocycles. The van der Waals surface area contributed by atoms with E-state index in [2.05, 4.69) is 39.9 Å². The summed E-state index contributed by atoms with van der Waals surface area (Å²) < 4.78 is 2.30. The van der Waals surface area contributed by atoms with E-state index in [1.807, 2.05) is 13.0 Å². The van der Waals surface area contributed by atoms with Gasteiger partial charge in [0.05, 0.1) is 23.7 Å². The first-order valence-corrected chi connectivity index (χ1v) is 9.22. The van der Waals surface area contributed by atoms with Crippen molar-refractivity contribution in [2.24, 2.45) is 5.92 Å². The molecule has 0 amide bonds. The van der Waals surface area contributed by atoms with Crippen molar-refractivity contribution in [2.45, 2.75) is 45.9 Å². The highest BCUT2D eigenvalue weighted by Crippen LogP contribution is 2.18. The molecule has 24 heavy (non-hydrogen) atoms. The number of piperidine rings is 1. The van der Waals surface area contributed by atoms with Crippen LogP contribution in [0.4, 0.5) is 0 Å². The number of benzene rings is 1. The lowest BCUT2D eigenvalue weighted by atomic mass is 9.96. The summed E-state index contributed by atoms with van der Waals surface area (Å²) >= 11 is 0. The van der Waals surface area contributed by atoms with Crippen LogP contribution in [0.5, 0.6) is 0 Å². The van der Waals surface area contributed by atoms with Gasteiger partial charge in [-0.3, -0.25) is 0 Å². The summed E-state index contributed by atoms with van der Waals surface area (Å²) in [5.74, 6) is 1.86. The summed E-state index contributed by atoms with van der Waals surface area (Å²) in [5.41, 5.74) is 2.31. The number of likely N-dealkylation sites (tertiary alicyclic amines) is 1. The van der Waals surface area contributed by atoms with Crippen molar-refractivity contribution in [1.29, 1.82) is 0 Å². The first-order chi connectivity index (χ1) is 11.7. The van der Waals surface area contributed by atoms with Gasteiger partial charge in [-0.1, -0.05) is 12.1 Å². The number of fused-ring (bicyclic) bond motifs is 1. The lowest BCUT2D eigenvalue weighted by Crippen LogP contribution is -2.40. The Morgan fingerprint density at radius 2 is 2.04 bits per heavy atom. The smallest absolute Gasteiger partial charge is 0.123 e. The molecule has 0 radical (unpaired) electrons. The van der Waals surface area contributed by atoms with E-state index in [0.717, 1.165) is 56.5 Å². The van der Waals surface area contributed by atoms with Crippen LogP contribution in [0.15, 0.2) is 24.3 Å². The van der Waals surface area contributed by atoms with E-state index in [-0.39, 0.29) is 6.10 Å². The molecule has 0 unspecified atom stereocenters. The third-order valence-electron chi connectivity index (χ3n) is 5.00. The van der Waals surface area contributed by atoms with Crippen LogP contribution in [-0.4, -0.2) is 51.8 Å². The van der Waals surface area contributed by atoms with Crippen LogP contribution in [0.25, 0.3) is 11.0 Å². The topological polar surface area (TPSA) is 53.3 Å². The number of aryl methyl sites for hydroxylation is 1. The summed E-state index contributed by atoms with van der Waals surface area (Å²) in [6.07, 6.45) is 2.20. The molecule has 5 nitrogen and oxygen atoms in total. The average molecular weight is 330 g/mol. The van der Waals surface area contributed by atoms with E-state index in [0.29, 0.717) is 0 Å². The van der Waals surface area contributed by atoms with Crippen LogP contribution in [0.3, 0.4) is 0 Å². The molecule has 1 atom stereocenters. The highest BCUT2D eigenvalue weighted by Gasteiger charge is 2.20. The van der Waals surface area contributed by atoms with Gasteiger partial charge >= 0.3 is 0 Å². The van der Waals surface area contributed by atoms with E-state index >= 15 is 0 Å². The Kier molecular flexibility index (Phi) is 5.87. The highest BCUT2D eigenvalue weighted by molar-refractivity contribution is 5.75. The highest BCUT2D eigenvalue weighted by atomic mass is 16.3. The lowest BCUT2D eigenvalue weighted by Gasteiger charge is -2.32. The number of hydrogen-bond acceptors (Lipinski definition) is 4. The van der Waals surface area contributed by atoms with E-state index in [1.165, 1.54) is 18.4 Å². The molecule has 1 aromatic carbocycles. The van der Waals surface area contributed by atoms with Gasteiger partial charge in [0.15, 0.2) is 0 Å². The Morgan fingerprint density at radius 1 is 1.29 bits per heavy atom. The van der Waals surface area contributed by atoms with E-state index in [1.54, 1.807) is 0 Å². The van der Waals surface area contributed by atoms with E-state index in [9.17, 15) is 5.11 Å². The Bertz CT molecular complexity index is 644. The van der Waals surface area contributed by atoms with Crippen LogP contribution >= 0.6 is 0 Å². The molecule has 2 aromatic rings. The number of hydrogen-bond donors (Lipinski definition) is 2. The molecule has 5 heteroatoms. The second kappa shape index (κ2) is 8.10. The Hall–Kier alpha value is -1.43. The van der Waals surface area contributed by atoms with E-state index in [4.69, 9.17) is 4.98 Å². The molecular formula is C19H30N4O. The summed E-state index contributed by atoms with van der Waals surface area (Å²) in [7, 11) is 0. The number of nitrogens with zero attached hydrogens (tertiary/aromatic N) is 3. The van der Waals surface area contributed by atoms with Crippen LogP contribution in [0, 0.1) is 5.92 Å². The summed E-state index contributed by atoms with van der Waals surface area (Å²) in [4.78, 5) is 7.15. The van der Waals surface area contributed by atoms with Gasteiger partial charge in [-0.25, -0.2) is 4.98 Å². The van der Waals surface area contributed by atoms with Crippen molar-refractivity contribution < 1.29 is 5.11 Å². The fourth-order valence-corrected chi connectivity index (χ4v) is 3.75. The van der Waals surface area contributed by atoms with E-state index < -0.39 is 0 Å². The predicted molar refractivity (Wildman–Crippen MR) is 98.0 cm³/mol. The van der Waals surface area contributed by atoms with Gasteiger partial charge in [-0.2, -0.15) is 0 Å². The van der Waals surface area contributed by atoms with Crippen molar-refractivity contribution >= 4 is 11.0 Å². The summed E-state index contributed by atoms with van der Waals surface area (Å²) in [5, 5.41) is 13.1. The minimum absolute atomic E-state index is 0.221. The molecule has 1 aromatic heterocycles. The molecule has 0 spiro atoms. The number of rotatable bonds is 7. The maximum atomic E-state index is 9.48. The van der Waals surface area contributed by atoms with Crippen molar-refractivity contribution in [3.05, 3.63) is 30.1 Å². The van der Waals surface area contributed by atoms with Gasteiger partial charge in [0.25, 0.3) is 0 Å². The Balaban J connectivity index is 1.49. The molecular weight excluding hydrogens is 300 g/mol. The maximum Gasteiger partial charge on any atom is 0.123 e. The largest absolute Gasteiger partial charge is 0.392 e. The van der Waals surface area contributed by atoms with Crippen LogP contribution in [-0.2, 0) is 13.1 Å². The summed E-state index contributed by atoms with van der Waals surface area (Å²) in [6, 6.07) is 8.36. The third-order valence-corrected chi connectivity index (χ3v) is 5.00. The fraction of sp³-hybridized carbons (Fsp3) is 0.632. The molecule has 0 aliphatic carbocycles. The lowest BCUT2D eigenvalue weighted by molar-refractivity contribution is 0.0997. The van der Waals surface area contributed by atoms with Gasteiger partial charge in [-0.05, 0) is 64.4 Å². The molecule has 2 heterocycles. The standard InChI is InChI=1S/C19H30N4O/c1-3-23-18-7-5-4-6-17(18)21-19(23)13-20-12-16-8-10-22(11-9-16)14-15(2)24/h4-7,15-16,20,24H,3,8-14H2,1-2H3/t15-/m1/s1. The van der Waals surface area contributed by atoms with Crippen LogP contribution in [0.1, 0.15) is 32.5 Å². The van der Waals surface area contributed by atoms with Crippen LogP contribution in [0.2, 0.25) is 0 Å². The Labute approximate surface area is 144 Å². The molecule has 0 bridgehead atoms. The average Bonchev–Trinajstić information content (AvgIpc) is 2.93. The molecule has 0 saturated carbocycles. The SMILES string of the molecule is CCn1c(CNCC2CCN(C[C@@H](C)O)CC2)nc2ccccc21. The normalized spacial score (nSPS) is 18.3. The second-order valence-corrected chi connectivity index (χ2v) is 6.98. The molecule has 132 valence electrons. The third kappa shape index (κ3) is 4.15. The molecule has 1 aliphatic rings. The number of β-amino-alcohol motifs (C(OH)–C–C–N with tert-alkyl or cyclic N) is 1. The van der Waals surface area contributed by atoms with Gasteiger partial charge in [0.2, 0.25) is 0 Å². The zero-order valence-electron chi connectivity index (χ0n) is 14.9. The van der Waals surface area contributed by atoms with Crippen LogP contribution < -0.4 is 5.32 Å². The number of nitrogens with one attached hydrogen (secondary N) is 1. The summed E-state index contributed by atoms with van der Waals surface area (Å²) in [6.45, 7) is 9.89. The zero-order valence-corrected chi connectivity index (χ0v) is 14.9. The van der Waals surface area contributed by atoms with Crippen molar-refractivity contribution in [1.82, 2.24) is 19.8 Å². The first kappa shape index (κ1) is 17.4. The van der Waals surface area contributed by atoms with Gasteiger partial charge in [0.1, 0.15) is 5.82 Å². The minimum Gasteiger partial charge on any atom is -0.392 e. The van der Waals surface area contributed by atoms with Gasteiger partial charge < -0.3 is 19.9 Å². The van der Waals surface area contributed by atoms with Crippen molar-refractivity contribution in [2.75, 3.05) is 26.2 Å². The molecule has 2 N–H and O–H groups in total. The number of aromatic nitrogens is 2. The Morgan fingerprint density at radius 3 is 2.75 bits per heavy atom. The van der Waals surface area contributed by atoms with Crippen molar-refractivity contribution in [3.8, 4) is 0 Å². The number of para-hydroxylation sites is 2. The fourth-order valence-electron chi connectivity index (χ4n) is 3.75. The van der Waals surface area contributed by atoms with Gasteiger partial charge in [-0.15, -0.1) is 0 Å². The number of aliphatic hydroxyl groups excluding tert-OH is 1. The predicted octanol–water partition coefficient (Wildman–Crippen LogP) is 2.24. The monoisotopic (exact) mass is 330 g/mol. The quantitative estimate of drug-likeness (QED) is 0.817.